The molecule has 16 heavy (non-hydrogen) atoms. The van der Waals surface area contributed by atoms with Crippen molar-refractivity contribution in [2.75, 3.05) is 11.9 Å². The number of carbonyl (C=O) groups excluding carboxylic acids is 1. The Morgan fingerprint density at radius 3 is 2.75 bits per heavy atom. The van der Waals surface area contributed by atoms with Crippen LogP contribution in [-0.4, -0.2) is 12.5 Å². The number of anilines is 1. The van der Waals surface area contributed by atoms with Crippen LogP contribution in [0.3, 0.4) is 0 Å². The van der Waals surface area contributed by atoms with Crippen LogP contribution in [0.25, 0.3) is 0 Å². The van der Waals surface area contributed by atoms with Crippen molar-refractivity contribution in [3.8, 4) is 5.75 Å². The van der Waals surface area contributed by atoms with Gasteiger partial charge in [0, 0.05) is 0 Å². The second-order valence-corrected chi connectivity index (χ2v) is 5.15. The zero-order chi connectivity index (χ0) is 11.9. The topological polar surface area (TPSA) is 38.3 Å². The highest BCUT2D eigenvalue weighted by Crippen LogP contribution is 2.41. The third-order valence-electron chi connectivity index (χ3n) is 2.49. The number of rotatable bonds is 0. The lowest BCUT2D eigenvalue weighted by atomic mass is 9.94. The SMILES string of the molecule is CC1(C)COc2c(ccc(Cl)c2Cl)NC1=O. The Balaban J connectivity index is 2.49. The van der Waals surface area contributed by atoms with Crippen LogP contribution < -0.4 is 10.1 Å². The number of hydrogen-bond donors (Lipinski definition) is 1. The van der Waals surface area contributed by atoms with Gasteiger partial charge in [-0.15, -0.1) is 0 Å². The van der Waals surface area contributed by atoms with Gasteiger partial charge in [-0.05, 0) is 26.0 Å². The molecule has 5 heteroatoms. The first kappa shape index (κ1) is 11.6. The number of nitrogens with one attached hydrogen (secondary N) is 1. The van der Waals surface area contributed by atoms with E-state index in [2.05, 4.69) is 5.32 Å². The van der Waals surface area contributed by atoms with E-state index in [1.807, 2.05) is 13.8 Å². The third-order valence-corrected chi connectivity index (χ3v) is 3.28. The van der Waals surface area contributed by atoms with Crippen LogP contribution in [-0.2, 0) is 4.79 Å². The Kier molecular flexibility index (Phi) is 2.76. The van der Waals surface area contributed by atoms with Crippen LogP contribution >= 0.6 is 23.2 Å². The Morgan fingerprint density at radius 2 is 2.06 bits per heavy atom. The van der Waals surface area contributed by atoms with Crippen molar-refractivity contribution < 1.29 is 9.53 Å². The first-order chi connectivity index (χ1) is 7.42. The maximum absolute atomic E-state index is 11.8. The molecule has 1 heterocycles. The van der Waals surface area contributed by atoms with E-state index in [1.165, 1.54) is 0 Å². The second-order valence-electron chi connectivity index (χ2n) is 4.36. The summed E-state index contributed by atoms with van der Waals surface area (Å²) in [7, 11) is 0. The largest absolute Gasteiger partial charge is 0.489 e. The molecule has 1 aromatic rings. The van der Waals surface area contributed by atoms with E-state index in [0.717, 1.165) is 0 Å². The monoisotopic (exact) mass is 259 g/mol. The molecule has 0 radical (unpaired) electrons. The lowest BCUT2D eigenvalue weighted by molar-refractivity contribution is -0.124. The highest BCUT2D eigenvalue weighted by atomic mass is 35.5. The molecule has 2 rings (SSSR count). The zero-order valence-electron chi connectivity index (χ0n) is 8.93. The van der Waals surface area contributed by atoms with Gasteiger partial charge in [0.05, 0.1) is 16.1 Å². The standard InChI is InChI=1S/C11H11Cl2NO2/c1-11(2)5-16-9-7(14-10(11)15)4-3-6(12)8(9)13/h3-4H,5H2,1-2H3,(H,14,15). The number of hydrogen-bond acceptors (Lipinski definition) is 2. The molecule has 1 aliphatic heterocycles. The molecule has 0 fully saturated rings. The van der Waals surface area contributed by atoms with E-state index >= 15 is 0 Å². The first-order valence-corrected chi connectivity index (χ1v) is 5.60. The highest BCUT2D eigenvalue weighted by Gasteiger charge is 2.33. The fraction of sp³-hybridized carbons (Fsp3) is 0.364. The summed E-state index contributed by atoms with van der Waals surface area (Å²) in [5, 5.41) is 3.52. The maximum Gasteiger partial charge on any atom is 0.233 e. The molecular weight excluding hydrogens is 249 g/mol. The molecular formula is C11H11Cl2NO2. The predicted octanol–water partition coefficient (Wildman–Crippen LogP) is 3.35. The Labute approximate surface area is 104 Å². The summed E-state index contributed by atoms with van der Waals surface area (Å²) in [6.07, 6.45) is 0. The summed E-state index contributed by atoms with van der Waals surface area (Å²) < 4.78 is 5.55. The van der Waals surface area contributed by atoms with Gasteiger partial charge in [0.15, 0.2) is 5.75 Å². The average molecular weight is 260 g/mol. The van der Waals surface area contributed by atoms with Gasteiger partial charge in [0.2, 0.25) is 5.91 Å². The first-order valence-electron chi connectivity index (χ1n) is 4.84. The van der Waals surface area contributed by atoms with Gasteiger partial charge < -0.3 is 10.1 Å². The summed E-state index contributed by atoms with van der Waals surface area (Å²) in [5.41, 5.74) is -0.0283. The van der Waals surface area contributed by atoms with E-state index < -0.39 is 5.41 Å². The van der Waals surface area contributed by atoms with E-state index in [0.29, 0.717) is 21.5 Å². The van der Waals surface area contributed by atoms with E-state index in [9.17, 15) is 4.79 Å². The molecule has 0 spiro atoms. The van der Waals surface area contributed by atoms with Crippen molar-refractivity contribution in [1.82, 2.24) is 0 Å². The molecule has 1 amide bonds. The Bertz CT molecular complexity index is 458. The van der Waals surface area contributed by atoms with Crippen LogP contribution in [0.15, 0.2) is 12.1 Å². The molecule has 0 aromatic heterocycles. The number of fused-ring (bicyclic) bond motifs is 1. The number of halogens is 2. The fourth-order valence-corrected chi connectivity index (χ4v) is 1.75. The van der Waals surface area contributed by atoms with Gasteiger partial charge in [0.1, 0.15) is 11.6 Å². The third kappa shape index (κ3) is 1.85. The lowest BCUT2D eigenvalue weighted by Gasteiger charge is -2.18. The quantitative estimate of drug-likeness (QED) is 0.776. The van der Waals surface area contributed by atoms with Crippen molar-refractivity contribution in [2.45, 2.75) is 13.8 Å². The van der Waals surface area contributed by atoms with Crippen molar-refractivity contribution in [3.63, 3.8) is 0 Å². The van der Waals surface area contributed by atoms with Gasteiger partial charge >= 0.3 is 0 Å². The van der Waals surface area contributed by atoms with E-state index in [4.69, 9.17) is 27.9 Å². The number of amides is 1. The maximum atomic E-state index is 11.8. The highest BCUT2D eigenvalue weighted by molar-refractivity contribution is 6.43. The summed E-state index contributed by atoms with van der Waals surface area (Å²) in [5.74, 6) is 0.345. The molecule has 0 saturated carbocycles. The number of carbonyl (C=O) groups is 1. The summed E-state index contributed by atoms with van der Waals surface area (Å²) >= 11 is 11.9. The number of benzene rings is 1. The molecule has 0 atom stereocenters. The molecule has 0 bridgehead atoms. The molecule has 0 aliphatic carbocycles. The van der Waals surface area contributed by atoms with E-state index in [-0.39, 0.29) is 12.5 Å². The van der Waals surface area contributed by atoms with E-state index in [1.54, 1.807) is 12.1 Å². The molecule has 1 aliphatic rings. The van der Waals surface area contributed by atoms with Crippen LogP contribution in [0, 0.1) is 5.41 Å². The fourth-order valence-electron chi connectivity index (χ4n) is 1.38. The Hall–Kier alpha value is -0.930. The van der Waals surface area contributed by atoms with Crippen LogP contribution in [0.4, 0.5) is 5.69 Å². The molecule has 0 unspecified atom stereocenters. The normalized spacial score (nSPS) is 18.1. The summed E-state index contributed by atoms with van der Waals surface area (Å²) in [6, 6.07) is 3.31. The van der Waals surface area contributed by atoms with Crippen molar-refractivity contribution in [1.29, 1.82) is 0 Å². The van der Waals surface area contributed by atoms with Crippen molar-refractivity contribution >= 4 is 34.8 Å². The van der Waals surface area contributed by atoms with Gasteiger partial charge in [-0.3, -0.25) is 4.79 Å². The minimum atomic E-state index is -0.588. The second kappa shape index (κ2) is 3.82. The number of ether oxygens (including phenoxy) is 1. The van der Waals surface area contributed by atoms with Crippen LogP contribution in [0.2, 0.25) is 10.0 Å². The van der Waals surface area contributed by atoms with Crippen LogP contribution in [0.1, 0.15) is 13.8 Å². The van der Waals surface area contributed by atoms with Crippen LogP contribution in [0.5, 0.6) is 5.75 Å². The predicted molar refractivity (Wildman–Crippen MR) is 64.4 cm³/mol. The molecule has 1 N–H and O–H groups in total. The van der Waals surface area contributed by atoms with Gasteiger partial charge in [-0.1, -0.05) is 23.2 Å². The Morgan fingerprint density at radius 1 is 1.38 bits per heavy atom. The minimum Gasteiger partial charge on any atom is -0.489 e. The average Bonchev–Trinajstić information content (AvgIpc) is 2.32. The smallest absolute Gasteiger partial charge is 0.233 e. The van der Waals surface area contributed by atoms with Gasteiger partial charge in [-0.2, -0.15) is 0 Å². The summed E-state index contributed by atoms with van der Waals surface area (Å²) in [6.45, 7) is 3.89. The minimum absolute atomic E-state index is 0.0929. The zero-order valence-corrected chi connectivity index (χ0v) is 10.4. The van der Waals surface area contributed by atoms with Gasteiger partial charge in [0.25, 0.3) is 0 Å². The summed E-state index contributed by atoms with van der Waals surface area (Å²) in [4.78, 5) is 11.8. The molecule has 86 valence electrons. The van der Waals surface area contributed by atoms with Crippen molar-refractivity contribution in [2.24, 2.45) is 5.41 Å². The molecule has 3 nitrogen and oxygen atoms in total. The molecule has 1 aromatic carbocycles. The lowest BCUT2D eigenvalue weighted by Crippen LogP contribution is -2.33. The van der Waals surface area contributed by atoms with Crippen molar-refractivity contribution in [3.05, 3.63) is 22.2 Å². The van der Waals surface area contributed by atoms with Gasteiger partial charge in [-0.25, -0.2) is 0 Å². The molecule has 0 saturated heterocycles.